The molecule has 1 heterocycles. The van der Waals surface area contributed by atoms with Crippen molar-refractivity contribution in [1.82, 2.24) is 0 Å². The molecule has 0 aliphatic carbocycles. The molecule has 0 saturated carbocycles. The van der Waals surface area contributed by atoms with Gasteiger partial charge in [-0.2, -0.15) is 0 Å². The van der Waals surface area contributed by atoms with Crippen LogP contribution in [-0.4, -0.2) is 23.5 Å². The van der Waals surface area contributed by atoms with Gasteiger partial charge in [0.25, 0.3) is 0 Å². The summed E-state index contributed by atoms with van der Waals surface area (Å²) in [5, 5.41) is 9.20. The van der Waals surface area contributed by atoms with Gasteiger partial charge in [-0.05, 0) is 23.6 Å². The molecule has 1 aromatic carbocycles. The van der Waals surface area contributed by atoms with E-state index in [4.69, 9.17) is 5.73 Å². The summed E-state index contributed by atoms with van der Waals surface area (Å²) in [4.78, 5) is 25.5. The van der Waals surface area contributed by atoms with Crippen LogP contribution in [0.4, 0.5) is 5.69 Å². The second-order valence-electron chi connectivity index (χ2n) is 4.70. The van der Waals surface area contributed by atoms with Crippen molar-refractivity contribution in [3.05, 3.63) is 29.3 Å². The van der Waals surface area contributed by atoms with Crippen LogP contribution in [0, 0.1) is 5.92 Å². The number of nitrogens with two attached hydrogens (primary N) is 1. The van der Waals surface area contributed by atoms with Gasteiger partial charge in [0, 0.05) is 6.54 Å². The van der Waals surface area contributed by atoms with Crippen LogP contribution in [-0.2, 0) is 22.6 Å². The SMILES string of the molecule is CCC(CO)C(=O)N1C(=O)Cc2cc(CN)ccc21. The molecule has 5 nitrogen and oxygen atoms in total. The molecule has 0 fully saturated rings. The van der Waals surface area contributed by atoms with E-state index in [-0.39, 0.29) is 24.8 Å². The Morgan fingerprint density at radius 1 is 1.53 bits per heavy atom. The molecule has 0 aromatic heterocycles. The van der Waals surface area contributed by atoms with E-state index in [2.05, 4.69) is 0 Å². The number of hydrogen-bond donors (Lipinski definition) is 2. The zero-order chi connectivity index (χ0) is 14.0. The number of imide groups is 1. The molecule has 0 saturated heterocycles. The number of aliphatic hydroxyl groups is 1. The summed E-state index contributed by atoms with van der Waals surface area (Å²) in [7, 11) is 0. The normalized spacial score (nSPS) is 15.5. The van der Waals surface area contributed by atoms with Crippen LogP contribution in [0.15, 0.2) is 18.2 Å². The first-order valence-electron chi connectivity index (χ1n) is 6.41. The van der Waals surface area contributed by atoms with Gasteiger partial charge in [-0.25, -0.2) is 4.90 Å². The van der Waals surface area contributed by atoms with Crippen LogP contribution in [0.5, 0.6) is 0 Å². The van der Waals surface area contributed by atoms with Crippen molar-refractivity contribution >= 4 is 17.5 Å². The Kier molecular flexibility index (Phi) is 3.97. The highest BCUT2D eigenvalue weighted by molar-refractivity contribution is 6.19. The van der Waals surface area contributed by atoms with Crippen molar-refractivity contribution in [1.29, 1.82) is 0 Å². The fourth-order valence-electron chi connectivity index (χ4n) is 2.31. The van der Waals surface area contributed by atoms with Gasteiger partial charge in [-0.3, -0.25) is 9.59 Å². The molecule has 0 radical (unpaired) electrons. The average molecular weight is 262 g/mol. The molecule has 1 aliphatic heterocycles. The first-order chi connectivity index (χ1) is 9.12. The summed E-state index contributed by atoms with van der Waals surface area (Å²) in [6.07, 6.45) is 0.728. The molecule has 1 atom stereocenters. The average Bonchev–Trinajstić information content (AvgIpc) is 2.74. The molecule has 0 bridgehead atoms. The lowest BCUT2D eigenvalue weighted by Crippen LogP contribution is -2.39. The number of rotatable bonds is 4. The Hall–Kier alpha value is -1.72. The lowest BCUT2D eigenvalue weighted by molar-refractivity contribution is -0.128. The fourth-order valence-corrected chi connectivity index (χ4v) is 2.31. The fraction of sp³-hybridized carbons (Fsp3) is 0.429. The lowest BCUT2D eigenvalue weighted by Gasteiger charge is -2.20. The maximum absolute atomic E-state index is 12.3. The van der Waals surface area contributed by atoms with Crippen molar-refractivity contribution in [3.8, 4) is 0 Å². The van der Waals surface area contributed by atoms with Crippen LogP contribution in [0.1, 0.15) is 24.5 Å². The molecule has 102 valence electrons. The smallest absolute Gasteiger partial charge is 0.239 e. The number of fused-ring (bicyclic) bond motifs is 1. The number of hydrogen-bond acceptors (Lipinski definition) is 4. The summed E-state index contributed by atoms with van der Waals surface area (Å²) in [5.74, 6) is -1.08. The first kappa shape index (κ1) is 13.7. The number of amides is 2. The Balaban J connectivity index is 2.35. The van der Waals surface area contributed by atoms with Crippen molar-refractivity contribution in [2.24, 2.45) is 11.7 Å². The molecule has 19 heavy (non-hydrogen) atoms. The third-order valence-corrected chi connectivity index (χ3v) is 3.49. The predicted octanol–water partition coefficient (Wildman–Crippen LogP) is 0.580. The second-order valence-corrected chi connectivity index (χ2v) is 4.70. The van der Waals surface area contributed by atoms with E-state index in [1.165, 1.54) is 4.90 Å². The maximum Gasteiger partial charge on any atom is 0.239 e. The third kappa shape index (κ3) is 2.39. The minimum absolute atomic E-state index is 0.219. The summed E-state index contributed by atoms with van der Waals surface area (Å²) < 4.78 is 0. The summed E-state index contributed by atoms with van der Waals surface area (Å²) in [6, 6.07) is 5.43. The Bertz CT molecular complexity index is 509. The van der Waals surface area contributed by atoms with Gasteiger partial charge in [0.2, 0.25) is 11.8 Å². The number of benzene rings is 1. The molecular formula is C14H18N2O3. The van der Waals surface area contributed by atoms with Crippen LogP contribution < -0.4 is 10.6 Å². The van der Waals surface area contributed by atoms with E-state index < -0.39 is 5.92 Å². The zero-order valence-corrected chi connectivity index (χ0v) is 10.9. The minimum atomic E-state index is -0.524. The number of aliphatic hydroxyl groups excluding tert-OH is 1. The van der Waals surface area contributed by atoms with E-state index >= 15 is 0 Å². The van der Waals surface area contributed by atoms with Gasteiger partial charge in [-0.15, -0.1) is 0 Å². The van der Waals surface area contributed by atoms with Crippen LogP contribution in [0.3, 0.4) is 0 Å². The number of anilines is 1. The van der Waals surface area contributed by atoms with Crippen LogP contribution in [0.25, 0.3) is 0 Å². The highest BCUT2D eigenvalue weighted by Gasteiger charge is 2.35. The molecule has 1 unspecified atom stereocenters. The Morgan fingerprint density at radius 2 is 2.26 bits per heavy atom. The zero-order valence-electron chi connectivity index (χ0n) is 10.9. The molecular weight excluding hydrogens is 244 g/mol. The van der Waals surface area contributed by atoms with Gasteiger partial charge < -0.3 is 10.8 Å². The Morgan fingerprint density at radius 3 is 2.84 bits per heavy atom. The second kappa shape index (κ2) is 5.50. The highest BCUT2D eigenvalue weighted by Crippen LogP contribution is 2.31. The van der Waals surface area contributed by atoms with E-state index in [1.54, 1.807) is 6.07 Å². The van der Waals surface area contributed by atoms with Crippen LogP contribution >= 0.6 is 0 Å². The van der Waals surface area contributed by atoms with Crippen molar-refractivity contribution in [2.45, 2.75) is 26.3 Å². The predicted molar refractivity (Wildman–Crippen MR) is 71.4 cm³/mol. The van der Waals surface area contributed by atoms with E-state index in [0.717, 1.165) is 11.1 Å². The summed E-state index contributed by atoms with van der Waals surface area (Å²) in [5.41, 5.74) is 7.96. The van der Waals surface area contributed by atoms with E-state index in [1.807, 2.05) is 19.1 Å². The molecule has 1 aromatic rings. The summed E-state index contributed by atoms with van der Waals surface area (Å²) in [6.45, 7) is 1.98. The largest absolute Gasteiger partial charge is 0.396 e. The molecule has 5 heteroatoms. The van der Waals surface area contributed by atoms with E-state index in [0.29, 0.717) is 18.7 Å². The third-order valence-electron chi connectivity index (χ3n) is 3.49. The molecule has 0 spiro atoms. The standard InChI is InChI=1S/C14H18N2O3/c1-2-10(8-17)14(19)16-12-4-3-9(7-15)5-11(12)6-13(16)18/h3-5,10,17H,2,6-8,15H2,1H3. The number of carbonyl (C=O) groups excluding carboxylic acids is 2. The van der Waals surface area contributed by atoms with Gasteiger partial charge in [0.1, 0.15) is 0 Å². The monoisotopic (exact) mass is 262 g/mol. The first-order valence-corrected chi connectivity index (χ1v) is 6.41. The van der Waals surface area contributed by atoms with Crippen molar-refractivity contribution in [2.75, 3.05) is 11.5 Å². The van der Waals surface area contributed by atoms with Crippen molar-refractivity contribution < 1.29 is 14.7 Å². The Labute approximate surface area is 112 Å². The van der Waals surface area contributed by atoms with Gasteiger partial charge in [0.05, 0.1) is 24.6 Å². The highest BCUT2D eigenvalue weighted by atomic mass is 16.3. The quantitative estimate of drug-likeness (QED) is 0.831. The van der Waals surface area contributed by atoms with Gasteiger partial charge in [-0.1, -0.05) is 19.1 Å². The molecule has 2 rings (SSSR count). The van der Waals surface area contributed by atoms with Gasteiger partial charge >= 0.3 is 0 Å². The summed E-state index contributed by atoms with van der Waals surface area (Å²) >= 11 is 0. The number of nitrogens with zero attached hydrogens (tertiary/aromatic N) is 1. The molecule has 2 amide bonds. The topological polar surface area (TPSA) is 83.6 Å². The molecule has 1 aliphatic rings. The van der Waals surface area contributed by atoms with Gasteiger partial charge in [0.15, 0.2) is 0 Å². The van der Waals surface area contributed by atoms with Crippen molar-refractivity contribution in [3.63, 3.8) is 0 Å². The van der Waals surface area contributed by atoms with Crippen LogP contribution in [0.2, 0.25) is 0 Å². The van der Waals surface area contributed by atoms with E-state index in [9.17, 15) is 14.7 Å². The maximum atomic E-state index is 12.3. The lowest BCUT2D eigenvalue weighted by atomic mass is 10.1. The minimum Gasteiger partial charge on any atom is -0.396 e. The number of carbonyl (C=O) groups is 2. The molecule has 3 N–H and O–H groups in total.